The number of phenolic OH excluding ortho intramolecular Hbond substituents is 3. The number of hydrogen-bond donors (Lipinski definition) is 3. The third-order valence-electron chi connectivity index (χ3n) is 3.62. The highest BCUT2D eigenvalue weighted by molar-refractivity contribution is 6.07. The predicted molar refractivity (Wildman–Crippen MR) is 102 cm³/mol. The average molecular weight is 352 g/mol. The van der Waals surface area contributed by atoms with Gasteiger partial charge in [-0.05, 0) is 49.4 Å². The molecule has 0 saturated carbocycles. The van der Waals surface area contributed by atoms with Crippen molar-refractivity contribution in [3.8, 4) is 23.0 Å². The fraction of sp³-hybridized carbons (Fsp3) is 0.0952. The van der Waals surface area contributed by atoms with Crippen LogP contribution in [0.25, 0.3) is 12.2 Å². The molecule has 0 aliphatic carbocycles. The van der Waals surface area contributed by atoms with Crippen molar-refractivity contribution in [1.29, 1.82) is 0 Å². The van der Waals surface area contributed by atoms with E-state index in [-0.39, 0.29) is 28.8 Å². The molecule has 0 spiro atoms. The van der Waals surface area contributed by atoms with E-state index in [9.17, 15) is 20.1 Å². The molecule has 0 aliphatic rings. The Morgan fingerprint density at radius 3 is 2.31 bits per heavy atom. The maximum atomic E-state index is 12.4. The van der Waals surface area contributed by atoms with Gasteiger partial charge in [0, 0.05) is 16.7 Å². The Kier molecular flexibility index (Phi) is 5.86. The second-order valence-electron chi connectivity index (χ2n) is 5.71. The molecule has 0 bridgehead atoms. The number of benzene rings is 2. The zero-order chi connectivity index (χ0) is 19.3. The summed E-state index contributed by atoms with van der Waals surface area (Å²) in [6, 6.07) is 7.38. The fourth-order valence-electron chi connectivity index (χ4n) is 2.26. The van der Waals surface area contributed by atoms with Gasteiger partial charge in [0.15, 0.2) is 17.3 Å². The molecule has 0 fully saturated rings. The maximum Gasteiger partial charge on any atom is 0.201 e. The lowest BCUT2D eigenvalue weighted by Crippen LogP contribution is -1.95. The van der Waals surface area contributed by atoms with Crippen LogP contribution in [0.3, 0.4) is 0 Å². The fourth-order valence-corrected chi connectivity index (χ4v) is 2.26. The Morgan fingerprint density at radius 2 is 1.65 bits per heavy atom. The first-order valence-electron chi connectivity index (χ1n) is 7.81. The number of methoxy groups -OCH3 is 1. The molecule has 0 unspecified atom stereocenters. The molecule has 2 aromatic rings. The van der Waals surface area contributed by atoms with Crippen molar-refractivity contribution in [2.45, 2.75) is 6.92 Å². The summed E-state index contributed by atoms with van der Waals surface area (Å²) < 4.78 is 5.06. The van der Waals surface area contributed by atoms with Gasteiger partial charge in [0.2, 0.25) is 5.75 Å². The number of hydrogen-bond acceptors (Lipinski definition) is 5. The van der Waals surface area contributed by atoms with Gasteiger partial charge >= 0.3 is 0 Å². The quantitative estimate of drug-likeness (QED) is 0.312. The average Bonchev–Trinajstić information content (AvgIpc) is 2.61. The first-order valence-corrected chi connectivity index (χ1v) is 7.81. The molecule has 26 heavy (non-hydrogen) atoms. The first kappa shape index (κ1) is 18.9. The van der Waals surface area contributed by atoms with E-state index in [1.807, 2.05) is 6.92 Å². The molecular weight excluding hydrogens is 332 g/mol. The molecule has 3 N–H and O–H groups in total. The first-order chi connectivity index (χ1) is 12.3. The van der Waals surface area contributed by atoms with Crippen LogP contribution in [0, 0.1) is 0 Å². The van der Waals surface area contributed by atoms with Gasteiger partial charge < -0.3 is 20.1 Å². The van der Waals surface area contributed by atoms with Gasteiger partial charge in [-0.15, -0.1) is 0 Å². The molecule has 0 aromatic heterocycles. The van der Waals surface area contributed by atoms with Crippen LogP contribution >= 0.6 is 0 Å². The Labute approximate surface area is 151 Å². The molecule has 134 valence electrons. The SMILES string of the molecule is C=C(C)C=Cc1cc(C(=O)C=Cc2ccc(O)c(O)c2OC)ccc1O. The van der Waals surface area contributed by atoms with E-state index in [1.165, 1.54) is 43.5 Å². The van der Waals surface area contributed by atoms with E-state index < -0.39 is 0 Å². The van der Waals surface area contributed by atoms with Crippen LogP contribution in [-0.2, 0) is 0 Å². The van der Waals surface area contributed by atoms with Crippen LogP contribution in [0.2, 0.25) is 0 Å². The zero-order valence-corrected chi connectivity index (χ0v) is 14.6. The standard InChI is InChI=1S/C21H20O5/c1-13(2)4-5-15-12-16(8-10-18(15)23)17(22)9-6-14-7-11-19(24)20(25)21(14)26-3/h4-12,23-25H,1H2,2-3H3. The topological polar surface area (TPSA) is 87.0 Å². The number of phenols is 3. The molecule has 2 aromatic carbocycles. The van der Waals surface area contributed by atoms with Gasteiger partial charge in [0.05, 0.1) is 7.11 Å². The number of rotatable bonds is 6. The van der Waals surface area contributed by atoms with Crippen LogP contribution < -0.4 is 4.74 Å². The third-order valence-corrected chi connectivity index (χ3v) is 3.62. The van der Waals surface area contributed by atoms with Crippen molar-refractivity contribution in [3.63, 3.8) is 0 Å². The normalized spacial score (nSPS) is 11.2. The van der Waals surface area contributed by atoms with E-state index in [0.29, 0.717) is 16.7 Å². The van der Waals surface area contributed by atoms with Crippen LogP contribution in [0.5, 0.6) is 23.0 Å². The number of carbonyl (C=O) groups excluding carboxylic acids is 1. The summed E-state index contributed by atoms with van der Waals surface area (Å²) in [6.45, 7) is 5.58. The third kappa shape index (κ3) is 4.33. The van der Waals surface area contributed by atoms with E-state index in [1.54, 1.807) is 18.2 Å². The van der Waals surface area contributed by atoms with Gasteiger partial charge in [-0.3, -0.25) is 4.79 Å². The van der Waals surface area contributed by atoms with Crippen molar-refractivity contribution >= 4 is 17.9 Å². The molecule has 0 radical (unpaired) electrons. The highest BCUT2D eigenvalue weighted by Gasteiger charge is 2.12. The number of carbonyl (C=O) groups is 1. The Morgan fingerprint density at radius 1 is 1.00 bits per heavy atom. The van der Waals surface area contributed by atoms with E-state index >= 15 is 0 Å². The minimum Gasteiger partial charge on any atom is -0.507 e. The minimum atomic E-state index is -0.390. The van der Waals surface area contributed by atoms with Crippen molar-refractivity contribution in [2.24, 2.45) is 0 Å². The summed E-state index contributed by atoms with van der Waals surface area (Å²) in [6.07, 6.45) is 6.23. The van der Waals surface area contributed by atoms with Crippen molar-refractivity contribution in [2.75, 3.05) is 7.11 Å². The summed E-state index contributed by atoms with van der Waals surface area (Å²) in [7, 11) is 1.35. The van der Waals surface area contributed by atoms with Gasteiger partial charge in [0.25, 0.3) is 0 Å². The smallest absolute Gasteiger partial charge is 0.201 e. The van der Waals surface area contributed by atoms with Gasteiger partial charge in [-0.1, -0.05) is 24.3 Å². The lowest BCUT2D eigenvalue weighted by molar-refractivity contribution is 0.104. The molecule has 0 saturated heterocycles. The van der Waals surface area contributed by atoms with Gasteiger partial charge in [-0.25, -0.2) is 0 Å². The van der Waals surface area contributed by atoms with Crippen molar-refractivity contribution in [1.82, 2.24) is 0 Å². The van der Waals surface area contributed by atoms with E-state index in [4.69, 9.17) is 4.74 Å². The lowest BCUT2D eigenvalue weighted by atomic mass is 10.0. The molecule has 2 rings (SSSR count). The number of aromatic hydroxyl groups is 3. The lowest BCUT2D eigenvalue weighted by Gasteiger charge is -2.08. The number of ether oxygens (including phenoxy) is 1. The Balaban J connectivity index is 2.31. The number of allylic oxidation sites excluding steroid dienone is 3. The van der Waals surface area contributed by atoms with Gasteiger partial charge in [-0.2, -0.15) is 0 Å². The molecule has 0 atom stereocenters. The minimum absolute atomic E-state index is 0.0631. The zero-order valence-electron chi connectivity index (χ0n) is 14.6. The van der Waals surface area contributed by atoms with Crippen molar-refractivity contribution < 1.29 is 24.9 Å². The Hall–Kier alpha value is -3.47. The van der Waals surface area contributed by atoms with Crippen LogP contribution in [0.15, 0.2) is 54.6 Å². The molecule has 5 nitrogen and oxygen atoms in total. The Bertz CT molecular complexity index is 907. The highest BCUT2D eigenvalue weighted by Crippen LogP contribution is 2.38. The second-order valence-corrected chi connectivity index (χ2v) is 5.71. The second kappa shape index (κ2) is 8.07. The van der Waals surface area contributed by atoms with Crippen LogP contribution in [0.1, 0.15) is 28.4 Å². The van der Waals surface area contributed by atoms with Crippen LogP contribution in [-0.4, -0.2) is 28.2 Å². The summed E-state index contributed by atoms with van der Waals surface area (Å²) >= 11 is 0. The largest absolute Gasteiger partial charge is 0.507 e. The molecular formula is C21H20O5. The molecule has 0 amide bonds. The van der Waals surface area contributed by atoms with Gasteiger partial charge in [0.1, 0.15) is 5.75 Å². The monoisotopic (exact) mass is 352 g/mol. The maximum absolute atomic E-state index is 12.4. The molecule has 0 aliphatic heterocycles. The number of ketones is 1. The highest BCUT2D eigenvalue weighted by atomic mass is 16.5. The summed E-state index contributed by atoms with van der Waals surface area (Å²) in [4.78, 5) is 12.4. The van der Waals surface area contributed by atoms with Crippen LogP contribution in [0.4, 0.5) is 0 Å². The van der Waals surface area contributed by atoms with E-state index in [2.05, 4.69) is 6.58 Å². The summed E-state index contributed by atoms with van der Waals surface area (Å²) in [5, 5.41) is 29.2. The van der Waals surface area contributed by atoms with E-state index in [0.717, 1.165) is 5.57 Å². The summed E-state index contributed by atoms with van der Waals surface area (Å²) in [5.41, 5.74) is 2.16. The van der Waals surface area contributed by atoms with Crippen molar-refractivity contribution in [3.05, 3.63) is 71.3 Å². The summed E-state index contributed by atoms with van der Waals surface area (Å²) in [5.74, 6) is -0.848. The molecule has 5 heteroatoms. The molecule has 0 heterocycles. The predicted octanol–water partition coefficient (Wildman–Crippen LogP) is 4.30.